The second kappa shape index (κ2) is 8.03. The fraction of sp³-hybridized carbons (Fsp3) is 0. The van der Waals surface area contributed by atoms with Gasteiger partial charge in [0.25, 0.3) is 5.91 Å². The number of carbonyl (C=O) groups is 1. The van der Waals surface area contributed by atoms with E-state index < -0.39 is 0 Å². The molecule has 0 unspecified atom stereocenters. The zero-order valence-corrected chi connectivity index (χ0v) is 15.6. The number of hydrogen-bond donors (Lipinski definition) is 1. The molecule has 1 N–H and O–H groups in total. The molecule has 1 heterocycles. The highest BCUT2D eigenvalue weighted by molar-refractivity contribution is 6.33. The second-order valence-corrected chi connectivity index (χ2v) is 6.57. The van der Waals surface area contributed by atoms with Crippen LogP contribution in [0.25, 0.3) is 22.2 Å². The van der Waals surface area contributed by atoms with Gasteiger partial charge in [0.05, 0.1) is 23.0 Å². The molecular formula is C23H16ClN3O. The van der Waals surface area contributed by atoms with E-state index in [-0.39, 0.29) is 5.91 Å². The number of halogens is 1. The molecular weight excluding hydrogens is 370 g/mol. The number of para-hydroxylation sites is 1. The Morgan fingerprint density at radius 2 is 1.64 bits per heavy atom. The van der Waals surface area contributed by atoms with Gasteiger partial charge in [-0.2, -0.15) is 5.10 Å². The Morgan fingerprint density at radius 1 is 0.929 bits per heavy atom. The number of hydrogen-bond acceptors (Lipinski definition) is 3. The number of nitrogens with zero attached hydrogens (tertiary/aromatic N) is 2. The van der Waals surface area contributed by atoms with Crippen LogP contribution < -0.4 is 5.43 Å². The largest absolute Gasteiger partial charge is 0.272 e. The van der Waals surface area contributed by atoms with E-state index in [0.29, 0.717) is 10.6 Å². The van der Waals surface area contributed by atoms with Crippen molar-refractivity contribution in [3.8, 4) is 11.3 Å². The van der Waals surface area contributed by atoms with Crippen molar-refractivity contribution in [3.63, 3.8) is 0 Å². The molecule has 0 radical (unpaired) electrons. The van der Waals surface area contributed by atoms with Gasteiger partial charge in [-0.05, 0) is 18.2 Å². The van der Waals surface area contributed by atoms with Crippen LogP contribution in [-0.2, 0) is 0 Å². The number of pyridine rings is 1. The van der Waals surface area contributed by atoms with Gasteiger partial charge in [-0.25, -0.2) is 10.4 Å². The molecule has 1 aromatic heterocycles. The van der Waals surface area contributed by atoms with Crippen LogP contribution in [0.4, 0.5) is 0 Å². The molecule has 0 aliphatic carbocycles. The van der Waals surface area contributed by atoms with E-state index in [9.17, 15) is 4.79 Å². The van der Waals surface area contributed by atoms with Gasteiger partial charge in [0, 0.05) is 21.5 Å². The molecule has 28 heavy (non-hydrogen) atoms. The van der Waals surface area contributed by atoms with E-state index >= 15 is 0 Å². The molecule has 5 heteroatoms. The number of fused-ring (bicyclic) bond motifs is 1. The summed E-state index contributed by atoms with van der Waals surface area (Å²) in [6.07, 6.45) is 1.53. The van der Waals surface area contributed by atoms with Gasteiger partial charge >= 0.3 is 0 Å². The fourth-order valence-electron chi connectivity index (χ4n) is 2.92. The Hall–Kier alpha value is -3.50. The number of aromatic nitrogens is 1. The highest BCUT2D eigenvalue weighted by atomic mass is 35.5. The molecule has 4 rings (SSSR count). The van der Waals surface area contributed by atoms with Crippen molar-refractivity contribution in [2.45, 2.75) is 0 Å². The number of nitrogens with one attached hydrogen (secondary N) is 1. The van der Waals surface area contributed by atoms with Gasteiger partial charge in [0.2, 0.25) is 0 Å². The summed E-state index contributed by atoms with van der Waals surface area (Å²) in [7, 11) is 0. The summed E-state index contributed by atoms with van der Waals surface area (Å²) in [4.78, 5) is 17.5. The van der Waals surface area contributed by atoms with E-state index in [1.54, 1.807) is 12.1 Å². The molecule has 3 aromatic carbocycles. The highest BCUT2D eigenvalue weighted by Crippen LogP contribution is 2.24. The van der Waals surface area contributed by atoms with Crippen molar-refractivity contribution < 1.29 is 4.79 Å². The number of amides is 1. The summed E-state index contributed by atoms with van der Waals surface area (Å²) in [5.74, 6) is -0.306. The Kier molecular flexibility index (Phi) is 5.13. The van der Waals surface area contributed by atoms with Crippen molar-refractivity contribution in [2.75, 3.05) is 0 Å². The SMILES string of the molecule is O=C(N/N=C/c1ccccc1Cl)c1cc(-c2ccccc2)nc2ccccc12. The lowest BCUT2D eigenvalue weighted by atomic mass is 10.0. The Labute approximate surface area is 167 Å². The molecule has 0 saturated carbocycles. The molecule has 4 nitrogen and oxygen atoms in total. The number of benzene rings is 3. The summed E-state index contributed by atoms with van der Waals surface area (Å²) < 4.78 is 0. The third-order valence-electron chi connectivity index (χ3n) is 4.31. The van der Waals surface area contributed by atoms with Crippen LogP contribution in [0, 0.1) is 0 Å². The lowest BCUT2D eigenvalue weighted by molar-refractivity contribution is 0.0956. The summed E-state index contributed by atoms with van der Waals surface area (Å²) in [5.41, 5.74) is 6.27. The molecule has 0 saturated heterocycles. The zero-order valence-electron chi connectivity index (χ0n) is 14.8. The van der Waals surface area contributed by atoms with Crippen LogP contribution in [0.2, 0.25) is 5.02 Å². The third-order valence-corrected chi connectivity index (χ3v) is 4.65. The van der Waals surface area contributed by atoms with Crippen LogP contribution in [0.1, 0.15) is 15.9 Å². The average molecular weight is 386 g/mol. The Bertz CT molecular complexity index is 1170. The van der Waals surface area contributed by atoms with Gasteiger partial charge in [-0.3, -0.25) is 4.79 Å². The van der Waals surface area contributed by atoms with Gasteiger partial charge < -0.3 is 0 Å². The van der Waals surface area contributed by atoms with E-state index in [4.69, 9.17) is 16.6 Å². The quantitative estimate of drug-likeness (QED) is 0.382. The maximum atomic E-state index is 12.8. The standard InChI is InChI=1S/C23H16ClN3O/c24-20-12-6-4-10-17(20)15-25-27-23(28)19-14-22(16-8-2-1-3-9-16)26-21-13-7-5-11-18(19)21/h1-15H,(H,27,28)/b25-15+. The van der Waals surface area contributed by atoms with E-state index in [2.05, 4.69) is 10.5 Å². The first kappa shape index (κ1) is 17.9. The molecule has 0 aliphatic heterocycles. The van der Waals surface area contributed by atoms with Crippen LogP contribution >= 0.6 is 11.6 Å². The van der Waals surface area contributed by atoms with Crippen molar-refractivity contribution >= 4 is 34.6 Å². The molecule has 136 valence electrons. The molecule has 1 amide bonds. The lowest BCUT2D eigenvalue weighted by Crippen LogP contribution is -2.18. The average Bonchev–Trinajstić information content (AvgIpc) is 2.75. The second-order valence-electron chi connectivity index (χ2n) is 6.16. The fourth-order valence-corrected chi connectivity index (χ4v) is 3.11. The number of carbonyl (C=O) groups excluding carboxylic acids is 1. The van der Waals surface area contributed by atoms with Crippen LogP contribution in [0.15, 0.2) is 90.0 Å². The first-order valence-corrected chi connectivity index (χ1v) is 9.13. The molecule has 0 bridgehead atoms. The minimum absolute atomic E-state index is 0.306. The van der Waals surface area contributed by atoms with Crippen molar-refractivity contribution in [1.29, 1.82) is 0 Å². The van der Waals surface area contributed by atoms with Gasteiger partial charge in [0.1, 0.15) is 0 Å². The normalized spacial score (nSPS) is 11.0. The summed E-state index contributed by atoms with van der Waals surface area (Å²) >= 11 is 6.11. The molecule has 0 aliphatic rings. The molecule has 0 fully saturated rings. The Morgan fingerprint density at radius 3 is 2.46 bits per heavy atom. The van der Waals surface area contributed by atoms with Crippen LogP contribution in [0.3, 0.4) is 0 Å². The predicted octanol–water partition coefficient (Wildman–Crippen LogP) is 5.32. The molecule has 0 spiro atoms. The first-order chi connectivity index (χ1) is 13.7. The van der Waals surface area contributed by atoms with Crippen molar-refractivity contribution in [3.05, 3.63) is 101 Å². The molecule has 4 aromatic rings. The van der Waals surface area contributed by atoms with Crippen LogP contribution in [0.5, 0.6) is 0 Å². The van der Waals surface area contributed by atoms with Gasteiger partial charge in [-0.15, -0.1) is 0 Å². The summed E-state index contributed by atoms with van der Waals surface area (Å²) in [6.45, 7) is 0. The van der Waals surface area contributed by atoms with Crippen molar-refractivity contribution in [2.24, 2.45) is 5.10 Å². The first-order valence-electron chi connectivity index (χ1n) is 8.75. The molecule has 0 atom stereocenters. The van der Waals surface area contributed by atoms with E-state index in [0.717, 1.165) is 27.7 Å². The third kappa shape index (κ3) is 3.77. The van der Waals surface area contributed by atoms with E-state index in [1.165, 1.54) is 6.21 Å². The van der Waals surface area contributed by atoms with Crippen LogP contribution in [-0.4, -0.2) is 17.1 Å². The lowest BCUT2D eigenvalue weighted by Gasteiger charge is -2.09. The Balaban J connectivity index is 1.69. The van der Waals surface area contributed by atoms with Gasteiger partial charge in [-0.1, -0.05) is 78.3 Å². The van der Waals surface area contributed by atoms with E-state index in [1.807, 2.05) is 72.8 Å². The predicted molar refractivity (Wildman–Crippen MR) is 114 cm³/mol. The van der Waals surface area contributed by atoms with Gasteiger partial charge in [0.15, 0.2) is 0 Å². The minimum Gasteiger partial charge on any atom is -0.267 e. The topological polar surface area (TPSA) is 54.4 Å². The highest BCUT2D eigenvalue weighted by Gasteiger charge is 2.13. The maximum Gasteiger partial charge on any atom is 0.272 e. The summed E-state index contributed by atoms with van der Waals surface area (Å²) in [5, 5.41) is 5.40. The minimum atomic E-state index is -0.306. The summed E-state index contributed by atoms with van der Waals surface area (Å²) in [6, 6.07) is 26.4. The number of rotatable bonds is 4. The smallest absolute Gasteiger partial charge is 0.267 e. The van der Waals surface area contributed by atoms with Crippen molar-refractivity contribution in [1.82, 2.24) is 10.4 Å². The zero-order chi connectivity index (χ0) is 19.3. The number of hydrazone groups is 1. The monoisotopic (exact) mass is 385 g/mol. The maximum absolute atomic E-state index is 12.8.